The lowest BCUT2D eigenvalue weighted by atomic mass is 9.85. The molecule has 49 heavy (non-hydrogen) atoms. The highest BCUT2D eigenvalue weighted by atomic mass is 32.2. The van der Waals surface area contributed by atoms with Crippen molar-refractivity contribution in [1.29, 1.82) is 0 Å². The zero-order valence-corrected chi connectivity index (χ0v) is 31.0. The Balaban J connectivity index is 1.83. The first-order valence-corrected chi connectivity index (χ1v) is 18.5. The van der Waals surface area contributed by atoms with Crippen LogP contribution in [-0.4, -0.2) is 87.0 Å². The van der Waals surface area contributed by atoms with Gasteiger partial charge in [0.05, 0.1) is 12.3 Å². The fraction of sp³-hybridized carbons (Fsp3) is 0.706. The zero-order chi connectivity index (χ0) is 37.3. The summed E-state index contributed by atoms with van der Waals surface area (Å²) in [6.45, 7) is 16.6. The van der Waals surface area contributed by atoms with Gasteiger partial charge in [-0.25, -0.2) is 26.7 Å². The van der Waals surface area contributed by atoms with Gasteiger partial charge in [0.15, 0.2) is 0 Å². The number of amides is 5. The highest BCUT2D eigenvalue weighted by molar-refractivity contribution is 7.88. The van der Waals surface area contributed by atoms with Gasteiger partial charge in [0.1, 0.15) is 18.1 Å². The van der Waals surface area contributed by atoms with Crippen LogP contribution in [0.4, 0.5) is 13.6 Å². The molecule has 1 aliphatic carbocycles. The van der Waals surface area contributed by atoms with Gasteiger partial charge < -0.3 is 26.2 Å². The number of fused-ring (bicyclic) bond motifs is 1. The van der Waals surface area contributed by atoms with Crippen LogP contribution in [0.25, 0.3) is 0 Å². The lowest BCUT2D eigenvalue weighted by Crippen LogP contribution is -2.62. The van der Waals surface area contributed by atoms with E-state index < -0.39 is 87.7 Å². The van der Waals surface area contributed by atoms with Crippen LogP contribution in [0.15, 0.2) is 30.3 Å². The van der Waals surface area contributed by atoms with E-state index >= 15 is 0 Å². The summed E-state index contributed by atoms with van der Waals surface area (Å²) in [6.07, 6.45) is -2.78. The number of alkyl halides is 2. The molecule has 1 saturated heterocycles. The maximum Gasteiger partial charge on any atom is 0.315 e. The molecular formula is C34H54F2N6O6S. The van der Waals surface area contributed by atoms with Gasteiger partial charge in [-0.15, -0.1) is 0 Å². The predicted octanol–water partition coefficient (Wildman–Crippen LogP) is 3.16. The number of carbonyl (C=O) groups excluding carboxylic acids is 4. The quantitative estimate of drug-likeness (QED) is 0.211. The van der Waals surface area contributed by atoms with E-state index in [-0.39, 0.29) is 30.3 Å². The molecule has 5 N–H and O–H groups in total. The van der Waals surface area contributed by atoms with E-state index in [4.69, 9.17) is 0 Å². The van der Waals surface area contributed by atoms with Crippen LogP contribution < -0.4 is 26.0 Å². The molecule has 5 amide bonds. The number of hydrogen-bond donors (Lipinski definition) is 5. The molecular weight excluding hydrogens is 658 g/mol. The predicted molar refractivity (Wildman–Crippen MR) is 183 cm³/mol. The van der Waals surface area contributed by atoms with E-state index in [1.165, 1.54) is 4.90 Å². The van der Waals surface area contributed by atoms with Crippen molar-refractivity contribution in [3.63, 3.8) is 0 Å². The first-order valence-electron chi connectivity index (χ1n) is 16.6. The topological polar surface area (TPSA) is 166 Å². The van der Waals surface area contributed by atoms with Crippen molar-refractivity contribution in [3.8, 4) is 0 Å². The summed E-state index contributed by atoms with van der Waals surface area (Å²) in [7, 11) is -3.54. The van der Waals surface area contributed by atoms with E-state index in [1.807, 2.05) is 40.7 Å². The molecule has 276 valence electrons. The van der Waals surface area contributed by atoms with Crippen LogP contribution in [0.2, 0.25) is 0 Å². The van der Waals surface area contributed by atoms with E-state index in [0.29, 0.717) is 0 Å². The van der Waals surface area contributed by atoms with Crippen molar-refractivity contribution in [3.05, 3.63) is 35.9 Å². The number of carbonyl (C=O) groups is 4. The van der Waals surface area contributed by atoms with E-state index in [1.54, 1.807) is 52.0 Å². The molecule has 0 radical (unpaired) electrons. The number of likely N-dealkylation sites (tertiary alicyclic amines) is 1. The Morgan fingerprint density at radius 3 is 2.04 bits per heavy atom. The first-order chi connectivity index (χ1) is 22.3. The lowest BCUT2D eigenvalue weighted by molar-refractivity contribution is -0.144. The van der Waals surface area contributed by atoms with Gasteiger partial charge in [-0.05, 0) is 40.6 Å². The standard InChI is InChI=1S/C34H54F2N6O6S/c1-19(20-14-12-11-13-15-20)38-28(43)22(16-24(35)36)39-29(44)26-25-21(34(25,8)9)18-42(26)30(45)27(33(5,6)7)41-31(46)40-23(32(2,3)4)17-37-49(10,47)48/h11-15,19,21-27,37H,16-18H2,1-10H3,(H,38,43)(H,39,44)(H2,40,41,46)/t19?,21-,22-,23+,25-,26-,27+/m0/s1. The number of nitrogens with zero attached hydrogens (tertiary/aromatic N) is 1. The minimum Gasteiger partial charge on any atom is -0.348 e. The fourth-order valence-corrected chi connectivity index (χ4v) is 7.04. The second kappa shape index (κ2) is 14.9. The molecule has 7 atom stereocenters. The summed E-state index contributed by atoms with van der Waals surface area (Å²) in [6, 6.07) is 3.42. The molecule has 0 bridgehead atoms. The van der Waals surface area contributed by atoms with E-state index in [0.717, 1.165) is 11.8 Å². The molecule has 2 fully saturated rings. The van der Waals surface area contributed by atoms with Crippen LogP contribution in [0.5, 0.6) is 0 Å². The van der Waals surface area contributed by atoms with Crippen LogP contribution in [0.1, 0.15) is 80.3 Å². The number of sulfonamides is 1. The number of hydrogen-bond acceptors (Lipinski definition) is 6. The maximum atomic E-state index is 14.3. The molecule has 0 aromatic heterocycles. The highest BCUT2D eigenvalue weighted by Crippen LogP contribution is 2.65. The van der Waals surface area contributed by atoms with E-state index in [2.05, 4.69) is 26.0 Å². The third-order valence-electron chi connectivity index (χ3n) is 9.75. The Morgan fingerprint density at radius 1 is 0.939 bits per heavy atom. The Hall–Kier alpha value is -3.33. The summed E-state index contributed by atoms with van der Waals surface area (Å²) in [5.74, 6) is -2.33. The minimum absolute atomic E-state index is 0.0468. The molecule has 1 aliphatic heterocycles. The van der Waals surface area contributed by atoms with Crippen LogP contribution in [0, 0.1) is 28.1 Å². The molecule has 15 heteroatoms. The monoisotopic (exact) mass is 712 g/mol. The molecule has 1 saturated carbocycles. The van der Waals surface area contributed by atoms with Crippen LogP contribution >= 0.6 is 0 Å². The zero-order valence-electron chi connectivity index (χ0n) is 30.2. The third kappa shape index (κ3) is 10.3. The molecule has 1 aromatic rings. The number of rotatable bonds is 13. The number of piperidine rings is 1. The van der Waals surface area contributed by atoms with Gasteiger partial charge in [0, 0.05) is 25.6 Å². The summed E-state index contributed by atoms with van der Waals surface area (Å²) < 4.78 is 53.3. The molecule has 2 aliphatic rings. The summed E-state index contributed by atoms with van der Waals surface area (Å²) >= 11 is 0. The van der Waals surface area contributed by atoms with Crippen molar-refractivity contribution in [2.75, 3.05) is 19.3 Å². The number of nitrogens with one attached hydrogen (secondary N) is 5. The van der Waals surface area contributed by atoms with Crippen molar-refractivity contribution < 1.29 is 36.4 Å². The minimum atomic E-state index is -3.54. The molecule has 1 aromatic carbocycles. The van der Waals surface area contributed by atoms with Gasteiger partial charge in [-0.3, -0.25) is 14.4 Å². The number of benzene rings is 1. The Kier molecular flexibility index (Phi) is 12.2. The van der Waals surface area contributed by atoms with Crippen molar-refractivity contribution >= 4 is 33.8 Å². The molecule has 12 nitrogen and oxygen atoms in total. The largest absolute Gasteiger partial charge is 0.348 e. The van der Waals surface area contributed by atoms with Crippen LogP contribution in [-0.2, 0) is 24.4 Å². The van der Waals surface area contributed by atoms with Gasteiger partial charge >= 0.3 is 6.03 Å². The van der Waals surface area contributed by atoms with Crippen LogP contribution in [0.3, 0.4) is 0 Å². The average Bonchev–Trinajstić information content (AvgIpc) is 3.27. The fourth-order valence-electron chi connectivity index (χ4n) is 6.57. The Labute approximate surface area is 289 Å². The normalized spacial score (nSPS) is 22.7. The van der Waals surface area contributed by atoms with Crippen molar-refractivity contribution in [2.24, 2.45) is 28.1 Å². The Morgan fingerprint density at radius 2 is 1.53 bits per heavy atom. The highest BCUT2D eigenvalue weighted by Gasteiger charge is 2.70. The van der Waals surface area contributed by atoms with Crippen molar-refractivity contribution in [2.45, 2.75) is 105 Å². The maximum absolute atomic E-state index is 14.3. The van der Waals surface area contributed by atoms with Gasteiger partial charge in [0.2, 0.25) is 34.2 Å². The summed E-state index contributed by atoms with van der Waals surface area (Å²) in [5.41, 5.74) is -0.930. The molecule has 3 rings (SSSR count). The number of halogens is 2. The smallest absolute Gasteiger partial charge is 0.315 e. The summed E-state index contributed by atoms with van der Waals surface area (Å²) in [4.78, 5) is 56.2. The second-order valence-corrected chi connectivity index (χ2v) is 18.0. The molecule has 1 heterocycles. The van der Waals surface area contributed by atoms with Gasteiger partial charge in [0.25, 0.3) is 0 Å². The SMILES string of the molecule is CC(NC(=O)[C@H](CC(F)F)NC(=O)[C@@H]1[C@@H]2[C@H](CN1C(=O)[C@@H](NC(=O)N[C@H](CNS(C)(=O)=O)C(C)(C)C)C(C)(C)C)C2(C)C)c1ccccc1. The number of urea groups is 1. The Bertz CT molecular complexity index is 1480. The van der Waals surface area contributed by atoms with Gasteiger partial charge in [-0.2, -0.15) is 0 Å². The molecule has 1 unspecified atom stereocenters. The lowest BCUT2D eigenvalue weighted by Gasteiger charge is -2.38. The average molecular weight is 713 g/mol. The molecule has 0 spiro atoms. The summed E-state index contributed by atoms with van der Waals surface area (Å²) in [5, 5.41) is 10.8. The third-order valence-corrected chi connectivity index (χ3v) is 10.4. The first kappa shape index (κ1) is 40.1. The van der Waals surface area contributed by atoms with Crippen molar-refractivity contribution in [1.82, 2.24) is 30.9 Å². The van der Waals surface area contributed by atoms with Gasteiger partial charge in [-0.1, -0.05) is 85.7 Å². The van der Waals surface area contributed by atoms with E-state index in [9.17, 15) is 36.4 Å². The second-order valence-electron chi connectivity index (χ2n) is 16.2.